The second-order valence-corrected chi connectivity index (χ2v) is 10.2. The first-order chi connectivity index (χ1) is 18.5. The van der Waals surface area contributed by atoms with Crippen LogP contribution in [0.4, 0.5) is 10.6 Å². The van der Waals surface area contributed by atoms with E-state index in [4.69, 9.17) is 11.6 Å². The highest BCUT2D eigenvalue weighted by Crippen LogP contribution is 2.52. The molecule has 2 aliphatic carbocycles. The number of carboxylic acid groups (broad SMARTS) is 1. The lowest BCUT2D eigenvalue weighted by Gasteiger charge is -2.40. The summed E-state index contributed by atoms with van der Waals surface area (Å²) >= 11 is 6.55. The van der Waals surface area contributed by atoms with Gasteiger partial charge in [-0.2, -0.15) is 5.10 Å². The molecule has 9 nitrogen and oxygen atoms in total. The molecule has 1 amide bonds. The van der Waals surface area contributed by atoms with Gasteiger partial charge in [-0.1, -0.05) is 79.2 Å². The molecule has 0 aliphatic heterocycles. The minimum absolute atomic E-state index is 0.114. The number of H-pyrrole nitrogens is 1. The van der Waals surface area contributed by atoms with Crippen LogP contribution in [0.2, 0.25) is 5.02 Å². The number of rotatable bonds is 7. The van der Waals surface area contributed by atoms with E-state index < -0.39 is 11.6 Å². The van der Waals surface area contributed by atoms with E-state index in [9.17, 15) is 9.90 Å². The summed E-state index contributed by atoms with van der Waals surface area (Å²) in [6, 6.07) is 16.3. The Bertz CT molecular complexity index is 1520. The summed E-state index contributed by atoms with van der Waals surface area (Å²) in [5, 5.41) is 29.5. The van der Waals surface area contributed by atoms with E-state index in [2.05, 4.69) is 50.0 Å². The summed E-state index contributed by atoms with van der Waals surface area (Å²) in [5.74, 6) is 1.14. The van der Waals surface area contributed by atoms with Crippen molar-refractivity contribution in [3.63, 3.8) is 0 Å². The van der Waals surface area contributed by atoms with Crippen molar-refractivity contribution in [3.05, 3.63) is 95.4 Å². The molecule has 2 heterocycles. The summed E-state index contributed by atoms with van der Waals surface area (Å²) in [5.41, 5.74) is 3.15. The Morgan fingerprint density at radius 1 is 1.11 bits per heavy atom. The summed E-state index contributed by atoms with van der Waals surface area (Å²) in [6.07, 6.45) is 11.3. The van der Waals surface area contributed by atoms with E-state index in [1.807, 2.05) is 55.5 Å². The fourth-order valence-corrected chi connectivity index (χ4v) is 5.58. The highest BCUT2D eigenvalue weighted by atomic mass is 35.5. The van der Waals surface area contributed by atoms with Crippen molar-refractivity contribution < 1.29 is 9.90 Å². The van der Waals surface area contributed by atoms with Gasteiger partial charge in [0, 0.05) is 0 Å². The molecule has 10 heteroatoms. The van der Waals surface area contributed by atoms with E-state index >= 15 is 0 Å². The SMILES string of the molecule is CC[C@]1(N(C(=O)O)c2c(Cl)cnn2-c2ccc(-c3ccc(C4(c5nnn[nH]5)CC4)cc3)cc2)C=CC=CC1. The van der Waals surface area contributed by atoms with Crippen LogP contribution in [0.3, 0.4) is 0 Å². The summed E-state index contributed by atoms with van der Waals surface area (Å²) in [6.45, 7) is 1.97. The maximum Gasteiger partial charge on any atom is 0.413 e. The molecule has 0 unspecified atom stereocenters. The molecule has 1 atom stereocenters. The van der Waals surface area contributed by atoms with Crippen molar-refractivity contribution >= 4 is 23.5 Å². The Kier molecular flexibility index (Phi) is 5.87. The van der Waals surface area contributed by atoms with Crippen LogP contribution in [-0.2, 0) is 5.41 Å². The van der Waals surface area contributed by atoms with Gasteiger partial charge in [-0.05, 0) is 64.9 Å². The van der Waals surface area contributed by atoms with Crippen LogP contribution >= 0.6 is 11.6 Å². The lowest BCUT2D eigenvalue weighted by atomic mass is 9.86. The van der Waals surface area contributed by atoms with Crippen molar-refractivity contribution in [2.45, 2.75) is 43.6 Å². The van der Waals surface area contributed by atoms with Gasteiger partial charge in [0.1, 0.15) is 5.02 Å². The van der Waals surface area contributed by atoms with E-state index in [0.29, 0.717) is 18.7 Å². The maximum atomic E-state index is 12.6. The Morgan fingerprint density at radius 2 is 1.82 bits per heavy atom. The van der Waals surface area contributed by atoms with Gasteiger partial charge in [-0.3, -0.25) is 4.90 Å². The maximum absolute atomic E-state index is 12.6. The number of tetrazole rings is 1. The average molecular weight is 528 g/mol. The van der Waals surface area contributed by atoms with Gasteiger partial charge in [0.05, 0.1) is 22.8 Å². The summed E-state index contributed by atoms with van der Waals surface area (Å²) in [4.78, 5) is 13.9. The molecule has 6 rings (SSSR count). The number of amides is 1. The van der Waals surface area contributed by atoms with Gasteiger partial charge in [0.15, 0.2) is 11.6 Å². The van der Waals surface area contributed by atoms with E-state index in [1.165, 1.54) is 16.7 Å². The first-order valence-electron chi connectivity index (χ1n) is 12.5. The largest absolute Gasteiger partial charge is 0.465 e. The molecule has 2 aliphatic rings. The zero-order valence-electron chi connectivity index (χ0n) is 20.8. The predicted molar refractivity (Wildman–Crippen MR) is 145 cm³/mol. The quantitative estimate of drug-likeness (QED) is 0.308. The van der Waals surface area contributed by atoms with Crippen LogP contribution in [0, 0.1) is 0 Å². The minimum Gasteiger partial charge on any atom is -0.465 e. The van der Waals surface area contributed by atoms with Gasteiger partial charge >= 0.3 is 6.09 Å². The van der Waals surface area contributed by atoms with Gasteiger partial charge in [0.25, 0.3) is 0 Å². The van der Waals surface area contributed by atoms with Crippen molar-refractivity contribution in [3.8, 4) is 16.8 Å². The Morgan fingerprint density at radius 3 is 2.37 bits per heavy atom. The number of nitrogens with one attached hydrogen (secondary N) is 1. The molecular formula is C28H26ClN7O2. The zero-order chi connectivity index (χ0) is 26.3. The Balaban J connectivity index is 1.30. The first kappa shape index (κ1) is 24.1. The van der Waals surface area contributed by atoms with Crippen LogP contribution in [0.1, 0.15) is 44.0 Å². The van der Waals surface area contributed by atoms with Crippen molar-refractivity contribution in [1.29, 1.82) is 0 Å². The number of hydrogen-bond acceptors (Lipinski definition) is 5. The van der Waals surface area contributed by atoms with Crippen molar-refractivity contribution in [1.82, 2.24) is 30.4 Å². The lowest BCUT2D eigenvalue weighted by Crippen LogP contribution is -2.51. The fraction of sp³-hybridized carbons (Fsp3) is 0.250. The molecule has 1 saturated carbocycles. The molecule has 2 aromatic carbocycles. The van der Waals surface area contributed by atoms with E-state index in [-0.39, 0.29) is 10.4 Å². The highest BCUT2D eigenvalue weighted by molar-refractivity contribution is 6.33. The minimum atomic E-state index is -1.08. The standard InChI is InChI=1S/C28H26ClN7O2/c1-2-27(14-4-3-5-15-27)35(26(37)38)24-23(29)18-30-36(24)22-12-8-20(9-13-22)19-6-10-21(11-7-19)28(16-17-28)25-31-33-34-32-25/h3-14,18H,2,15-17H2,1H3,(H,37,38)(H,31,32,33,34)/t27-/m0/s1. The normalized spacial score (nSPS) is 19.4. The average Bonchev–Trinajstić information content (AvgIpc) is 3.39. The molecule has 0 bridgehead atoms. The molecule has 38 heavy (non-hydrogen) atoms. The number of aromatic amines is 1. The van der Waals surface area contributed by atoms with Gasteiger partial charge in [0.2, 0.25) is 0 Å². The number of hydrogen-bond donors (Lipinski definition) is 2. The third-order valence-corrected chi connectivity index (χ3v) is 7.98. The monoisotopic (exact) mass is 527 g/mol. The third-order valence-electron chi connectivity index (χ3n) is 7.72. The van der Waals surface area contributed by atoms with Crippen LogP contribution in [0.15, 0.2) is 79.0 Å². The molecule has 0 saturated heterocycles. The highest BCUT2D eigenvalue weighted by Gasteiger charge is 2.49. The number of benzene rings is 2. The van der Waals surface area contributed by atoms with Crippen LogP contribution in [0.5, 0.6) is 0 Å². The van der Waals surface area contributed by atoms with Crippen molar-refractivity contribution in [2.24, 2.45) is 0 Å². The number of carbonyl (C=O) groups is 1. The second-order valence-electron chi connectivity index (χ2n) is 9.75. The van der Waals surface area contributed by atoms with Gasteiger partial charge < -0.3 is 5.11 Å². The lowest BCUT2D eigenvalue weighted by molar-refractivity contribution is 0.194. The molecule has 192 valence electrons. The Hall–Kier alpha value is -4.24. The smallest absolute Gasteiger partial charge is 0.413 e. The molecule has 0 spiro atoms. The fourth-order valence-electron chi connectivity index (χ4n) is 5.37. The molecule has 2 aromatic heterocycles. The topological polar surface area (TPSA) is 113 Å². The second kappa shape index (κ2) is 9.25. The van der Waals surface area contributed by atoms with Gasteiger partial charge in [-0.25, -0.2) is 14.6 Å². The number of aromatic nitrogens is 6. The molecule has 0 radical (unpaired) electrons. The first-order valence-corrected chi connectivity index (χ1v) is 12.9. The van der Waals surface area contributed by atoms with Crippen molar-refractivity contribution in [2.75, 3.05) is 4.90 Å². The van der Waals surface area contributed by atoms with Crippen LogP contribution < -0.4 is 4.90 Å². The molecule has 2 N–H and O–H groups in total. The number of anilines is 1. The van der Waals surface area contributed by atoms with E-state index in [0.717, 1.165) is 35.5 Å². The summed E-state index contributed by atoms with van der Waals surface area (Å²) in [7, 11) is 0. The van der Waals surface area contributed by atoms with Crippen LogP contribution in [0.25, 0.3) is 16.8 Å². The van der Waals surface area contributed by atoms with Crippen LogP contribution in [-0.4, -0.2) is 47.1 Å². The third kappa shape index (κ3) is 3.90. The van der Waals surface area contributed by atoms with E-state index in [1.54, 1.807) is 4.68 Å². The summed E-state index contributed by atoms with van der Waals surface area (Å²) < 4.78 is 1.59. The predicted octanol–water partition coefficient (Wildman–Crippen LogP) is 5.94. The molecular weight excluding hydrogens is 502 g/mol. The Labute approximate surface area is 224 Å². The molecule has 1 fully saturated rings. The number of nitrogens with zero attached hydrogens (tertiary/aromatic N) is 6. The van der Waals surface area contributed by atoms with Gasteiger partial charge in [-0.15, -0.1) is 5.10 Å². The number of allylic oxidation sites excluding steroid dienone is 2. The molecule has 4 aromatic rings. The number of halogens is 1. The zero-order valence-corrected chi connectivity index (χ0v) is 21.5.